The summed E-state index contributed by atoms with van der Waals surface area (Å²) in [5.41, 5.74) is 2.64. The van der Waals surface area contributed by atoms with Crippen molar-refractivity contribution in [3.8, 4) is 0 Å². The smallest absolute Gasteiger partial charge is 0.0594 e. The van der Waals surface area contributed by atoms with E-state index in [0.29, 0.717) is 18.4 Å². The van der Waals surface area contributed by atoms with Gasteiger partial charge in [-0.05, 0) is 29.4 Å². The Morgan fingerprint density at radius 1 is 1.08 bits per heavy atom. The minimum Gasteiger partial charge on any atom is -0.396 e. The van der Waals surface area contributed by atoms with Crippen molar-refractivity contribution in [2.75, 3.05) is 52.5 Å². The molecule has 25 heavy (non-hydrogen) atoms. The molecule has 2 saturated heterocycles. The summed E-state index contributed by atoms with van der Waals surface area (Å²) in [7, 11) is 2.16. The molecule has 0 unspecified atom stereocenters. The lowest BCUT2D eigenvalue weighted by atomic mass is 9.96. The van der Waals surface area contributed by atoms with Gasteiger partial charge in [0, 0.05) is 64.1 Å². The van der Waals surface area contributed by atoms with Crippen molar-refractivity contribution in [1.29, 1.82) is 0 Å². The van der Waals surface area contributed by atoms with Gasteiger partial charge >= 0.3 is 0 Å². The Bertz CT molecular complexity index is 708. The first-order valence-electron chi connectivity index (χ1n) is 9.41. The lowest BCUT2D eigenvalue weighted by Gasteiger charge is -2.30. The van der Waals surface area contributed by atoms with E-state index in [2.05, 4.69) is 51.7 Å². The second-order valence-corrected chi connectivity index (χ2v) is 7.56. The number of hydrogen-bond donors (Lipinski definition) is 1. The zero-order chi connectivity index (χ0) is 17.2. The number of benzene rings is 1. The van der Waals surface area contributed by atoms with E-state index in [1.54, 1.807) is 0 Å². The fourth-order valence-electron chi connectivity index (χ4n) is 4.42. The number of hydrogen-bond acceptors (Lipinski definition) is 4. The quantitative estimate of drug-likeness (QED) is 0.894. The molecule has 1 aromatic heterocycles. The van der Waals surface area contributed by atoms with E-state index in [9.17, 15) is 5.11 Å². The average molecular weight is 343 g/mol. The van der Waals surface area contributed by atoms with E-state index in [-0.39, 0.29) is 0 Å². The molecule has 3 heterocycles. The number of fused-ring (bicyclic) bond motifs is 1. The molecule has 5 heteroatoms. The van der Waals surface area contributed by atoms with E-state index >= 15 is 0 Å². The minimum atomic E-state index is 0.292. The number of aliphatic hydroxyl groups is 1. The largest absolute Gasteiger partial charge is 0.396 e. The normalized spacial score (nSPS) is 25.8. The third-order valence-electron chi connectivity index (χ3n) is 5.92. The van der Waals surface area contributed by atoms with Gasteiger partial charge < -0.3 is 14.4 Å². The van der Waals surface area contributed by atoms with Crippen LogP contribution in [-0.4, -0.2) is 72.0 Å². The number of rotatable bonds is 5. The number of nitrogens with zero attached hydrogens (tertiary/aromatic N) is 3. The molecule has 4 rings (SSSR count). The maximum absolute atomic E-state index is 9.84. The van der Waals surface area contributed by atoms with Gasteiger partial charge in [0.05, 0.1) is 13.2 Å². The zero-order valence-electron chi connectivity index (χ0n) is 15.1. The van der Waals surface area contributed by atoms with Gasteiger partial charge in [0.25, 0.3) is 0 Å². The number of aliphatic hydroxyl groups excluding tert-OH is 1. The summed E-state index contributed by atoms with van der Waals surface area (Å²) in [5, 5.41) is 11.2. The lowest BCUT2D eigenvalue weighted by molar-refractivity contribution is 0.0264. The van der Waals surface area contributed by atoms with Crippen LogP contribution in [-0.2, 0) is 18.3 Å². The van der Waals surface area contributed by atoms with Crippen molar-refractivity contribution in [2.24, 2.45) is 18.9 Å². The van der Waals surface area contributed by atoms with Gasteiger partial charge in [-0.2, -0.15) is 0 Å². The van der Waals surface area contributed by atoms with Gasteiger partial charge in [0.1, 0.15) is 0 Å². The van der Waals surface area contributed by atoms with Crippen molar-refractivity contribution < 1.29 is 9.84 Å². The highest BCUT2D eigenvalue weighted by atomic mass is 16.5. The van der Waals surface area contributed by atoms with E-state index in [1.165, 1.54) is 16.6 Å². The average Bonchev–Trinajstić information content (AvgIpc) is 3.17. The Labute approximate surface area is 149 Å². The van der Waals surface area contributed by atoms with Crippen molar-refractivity contribution in [3.63, 3.8) is 0 Å². The van der Waals surface area contributed by atoms with Crippen LogP contribution >= 0.6 is 0 Å². The van der Waals surface area contributed by atoms with Gasteiger partial charge in [-0.15, -0.1) is 0 Å². The first kappa shape index (κ1) is 17.0. The Morgan fingerprint density at radius 2 is 1.84 bits per heavy atom. The molecule has 0 saturated carbocycles. The van der Waals surface area contributed by atoms with Crippen molar-refractivity contribution in [3.05, 3.63) is 36.0 Å². The van der Waals surface area contributed by atoms with Gasteiger partial charge in [-0.1, -0.05) is 18.2 Å². The number of aryl methyl sites for hydroxylation is 1. The molecule has 2 aliphatic heterocycles. The Balaban J connectivity index is 1.43. The van der Waals surface area contributed by atoms with E-state index in [4.69, 9.17) is 4.74 Å². The monoisotopic (exact) mass is 343 g/mol. The number of aromatic nitrogens is 1. The standard InChI is InChI=1S/C20H29N3O2/c1-21-19(10-16-4-2-3-5-20(16)21)14-23-12-17(18(13-23)15-24)11-22-6-8-25-9-7-22/h2-5,10,17-18,24H,6-9,11-15H2,1H3/t17-,18-/m1/s1. The molecule has 136 valence electrons. The van der Waals surface area contributed by atoms with E-state index < -0.39 is 0 Å². The highest BCUT2D eigenvalue weighted by Crippen LogP contribution is 2.27. The summed E-state index contributed by atoms with van der Waals surface area (Å²) in [5.74, 6) is 0.940. The molecule has 0 aliphatic carbocycles. The molecule has 2 aromatic rings. The molecule has 0 spiro atoms. The SMILES string of the molecule is Cn1c(CN2C[C@@H](CN3CCOCC3)[C@@H](CO)C2)cc2ccccc21. The third kappa shape index (κ3) is 3.60. The number of para-hydroxylation sites is 1. The van der Waals surface area contributed by atoms with Crippen LogP contribution in [0.3, 0.4) is 0 Å². The fraction of sp³-hybridized carbons (Fsp3) is 0.600. The molecule has 0 amide bonds. The summed E-state index contributed by atoms with van der Waals surface area (Å²) in [6.07, 6.45) is 0. The molecular weight excluding hydrogens is 314 g/mol. The fourth-order valence-corrected chi connectivity index (χ4v) is 4.42. The van der Waals surface area contributed by atoms with Crippen LogP contribution in [0.5, 0.6) is 0 Å². The molecule has 0 bridgehead atoms. The molecule has 2 aliphatic rings. The highest BCUT2D eigenvalue weighted by molar-refractivity contribution is 5.81. The van der Waals surface area contributed by atoms with Crippen LogP contribution in [0.2, 0.25) is 0 Å². The van der Waals surface area contributed by atoms with Crippen molar-refractivity contribution in [1.82, 2.24) is 14.4 Å². The molecule has 1 aromatic carbocycles. The van der Waals surface area contributed by atoms with Gasteiger partial charge in [-0.25, -0.2) is 0 Å². The van der Waals surface area contributed by atoms with E-state index in [0.717, 1.165) is 52.5 Å². The molecule has 0 radical (unpaired) electrons. The zero-order valence-corrected chi connectivity index (χ0v) is 15.1. The predicted octanol–water partition coefficient (Wildman–Crippen LogP) is 1.55. The summed E-state index contributed by atoms with van der Waals surface area (Å²) >= 11 is 0. The minimum absolute atomic E-state index is 0.292. The van der Waals surface area contributed by atoms with Crippen molar-refractivity contribution >= 4 is 10.9 Å². The molecule has 2 atom stereocenters. The van der Waals surface area contributed by atoms with Crippen LogP contribution in [0, 0.1) is 11.8 Å². The van der Waals surface area contributed by atoms with Crippen LogP contribution in [0.15, 0.2) is 30.3 Å². The summed E-state index contributed by atoms with van der Waals surface area (Å²) in [4.78, 5) is 5.01. The Kier molecular flexibility index (Phi) is 5.08. The molecule has 1 N–H and O–H groups in total. The topological polar surface area (TPSA) is 40.9 Å². The van der Waals surface area contributed by atoms with E-state index in [1.807, 2.05) is 0 Å². The Morgan fingerprint density at radius 3 is 2.60 bits per heavy atom. The second kappa shape index (κ2) is 7.46. The van der Waals surface area contributed by atoms with Crippen LogP contribution in [0.4, 0.5) is 0 Å². The second-order valence-electron chi connectivity index (χ2n) is 7.56. The predicted molar refractivity (Wildman–Crippen MR) is 99.5 cm³/mol. The third-order valence-corrected chi connectivity index (χ3v) is 5.92. The maximum Gasteiger partial charge on any atom is 0.0594 e. The number of ether oxygens (including phenoxy) is 1. The number of morpholine rings is 1. The molecular formula is C20H29N3O2. The highest BCUT2D eigenvalue weighted by Gasteiger charge is 2.34. The lowest BCUT2D eigenvalue weighted by Crippen LogP contribution is -2.41. The molecule has 5 nitrogen and oxygen atoms in total. The van der Waals surface area contributed by atoms with Gasteiger partial charge in [-0.3, -0.25) is 9.80 Å². The summed E-state index contributed by atoms with van der Waals surface area (Å²) in [6.45, 7) is 8.14. The van der Waals surface area contributed by atoms with Crippen molar-refractivity contribution in [2.45, 2.75) is 6.54 Å². The maximum atomic E-state index is 9.84. The summed E-state index contributed by atoms with van der Waals surface area (Å²) in [6, 6.07) is 10.9. The Hall–Kier alpha value is -1.40. The summed E-state index contributed by atoms with van der Waals surface area (Å²) < 4.78 is 7.76. The van der Waals surface area contributed by atoms with Crippen LogP contribution in [0.1, 0.15) is 5.69 Å². The van der Waals surface area contributed by atoms with Gasteiger partial charge in [0.2, 0.25) is 0 Å². The first-order valence-corrected chi connectivity index (χ1v) is 9.41. The molecule has 2 fully saturated rings. The van der Waals surface area contributed by atoms with Gasteiger partial charge in [0.15, 0.2) is 0 Å². The first-order chi connectivity index (χ1) is 12.2. The number of likely N-dealkylation sites (tertiary alicyclic amines) is 1. The van der Waals surface area contributed by atoms with Crippen LogP contribution < -0.4 is 0 Å². The van der Waals surface area contributed by atoms with Crippen LogP contribution in [0.25, 0.3) is 10.9 Å².